The molecule has 0 spiro atoms. The number of amides is 1. The number of nitrogens with one attached hydrogen (secondary N) is 1. The molecule has 1 aliphatic rings. The minimum absolute atomic E-state index is 0.0178. The molecule has 3 rings (SSSR count). The zero-order chi connectivity index (χ0) is 17.2. The van der Waals surface area contributed by atoms with E-state index >= 15 is 0 Å². The van der Waals surface area contributed by atoms with Gasteiger partial charge in [-0.2, -0.15) is 5.10 Å². The number of aliphatic hydroxyl groups excluding tert-OH is 1. The first-order chi connectivity index (χ1) is 11.5. The number of carbonyl (C=O) groups is 1. The van der Waals surface area contributed by atoms with Crippen LogP contribution < -0.4 is 5.32 Å². The van der Waals surface area contributed by atoms with E-state index in [0.717, 1.165) is 30.8 Å². The summed E-state index contributed by atoms with van der Waals surface area (Å²) in [6, 6.07) is 7.50. The second kappa shape index (κ2) is 6.65. The number of likely N-dealkylation sites (tertiary alicyclic amines) is 1. The van der Waals surface area contributed by atoms with Crippen molar-refractivity contribution in [1.82, 2.24) is 14.7 Å². The molecule has 0 saturated carbocycles. The van der Waals surface area contributed by atoms with E-state index in [9.17, 15) is 9.90 Å². The maximum Gasteiger partial charge on any atom is 0.253 e. The molecule has 1 aliphatic heterocycles. The number of benzene rings is 1. The van der Waals surface area contributed by atoms with Crippen molar-refractivity contribution in [1.29, 1.82) is 0 Å². The first-order valence-corrected chi connectivity index (χ1v) is 8.25. The van der Waals surface area contributed by atoms with E-state index in [1.165, 1.54) is 0 Å². The Morgan fingerprint density at radius 1 is 1.42 bits per heavy atom. The molecule has 2 aromatic rings. The van der Waals surface area contributed by atoms with Crippen LogP contribution in [-0.4, -0.2) is 45.4 Å². The van der Waals surface area contributed by atoms with Gasteiger partial charge in [0.1, 0.15) is 0 Å². The molecule has 0 radical (unpaired) electrons. The SMILES string of the molecule is Cn1cc(Nc2cccc(C(=O)N3CCCC(C)(CO)C3)c2)cn1. The fourth-order valence-corrected chi connectivity index (χ4v) is 3.18. The van der Waals surface area contributed by atoms with E-state index in [-0.39, 0.29) is 17.9 Å². The van der Waals surface area contributed by atoms with Gasteiger partial charge in [-0.15, -0.1) is 0 Å². The van der Waals surface area contributed by atoms with Crippen molar-refractivity contribution >= 4 is 17.3 Å². The van der Waals surface area contributed by atoms with Crippen molar-refractivity contribution in [2.45, 2.75) is 19.8 Å². The quantitative estimate of drug-likeness (QED) is 0.904. The van der Waals surface area contributed by atoms with Gasteiger partial charge >= 0.3 is 0 Å². The summed E-state index contributed by atoms with van der Waals surface area (Å²) < 4.78 is 1.72. The van der Waals surface area contributed by atoms with Crippen molar-refractivity contribution in [3.8, 4) is 0 Å². The Bertz CT molecular complexity index is 727. The Kier molecular flexibility index (Phi) is 4.57. The highest BCUT2D eigenvalue weighted by atomic mass is 16.3. The van der Waals surface area contributed by atoms with Crippen molar-refractivity contribution in [2.24, 2.45) is 12.5 Å². The zero-order valence-corrected chi connectivity index (χ0v) is 14.2. The number of anilines is 2. The molecule has 1 amide bonds. The lowest BCUT2D eigenvalue weighted by Gasteiger charge is -2.39. The highest BCUT2D eigenvalue weighted by Gasteiger charge is 2.32. The van der Waals surface area contributed by atoms with Crippen molar-refractivity contribution < 1.29 is 9.90 Å². The van der Waals surface area contributed by atoms with Crippen LogP contribution in [-0.2, 0) is 7.05 Å². The fourth-order valence-electron chi connectivity index (χ4n) is 3.18. The number of carbonyl (C=O) groups excluding carboxylic acids is 1. The first kappa shape index (κ1) is 16.5. The Morgan fingerprint density at radius 2 is 2.25 bits per heavy atom. The molecule has 1 atom stereocenters. The van der Waals surface area contributed by atoms with E-state index in [2.05, 4.69) is 10.4 Å². The fraction of sp³-hybridized carbons (Fsp3) is 0.444. The number of hydrogen-bond acceptors (Lipinski definition) is 4. The summed E-state index contributed by atoms with van der Waals surface area (Å²) in [7, 11) is 1.86. The normalized spacial score (nSPS) is 20.9. The van der Waals surface area contributed by atoms with Crippen molar-refractivity contribution in [3.63, 3.8) is 0 Å². The third-order valence-corrected chi connectivity index (χ3v) is 4.55. The van der Waals surface area contributed by atoms with Crippen molar-refractivity contribution in [3.05, 3.63) is 42.2 Å². The lowest BCUT2D eigenvalue weighted by molar-refractivity contribution is 0.0358. The summed E-state index contributed by atoms with van der Waals surface area (Å²) in [6.07, 6.45) is 5.50. The van der Waals surface area contributed by atoms with Crippen LogP contribution in [0.4, 0.5) is 11.4 Å². The summed E-state index contributed by atoms with van der Waals surface area (Å²) in [4.78, 5) is 14.7. The molecule has 1 aromatic carbocycles. The molecule has 1 unspecified atom stereocenters. The van der Waals surface area contributed by atoms with Crippen LogP contribution in [0.3, 0.4) is 0 Å². The summed E-state index contributed by atoms with van der Waals surface area (Å²) in [6.45, 7) is 3.49. The highest BCUT2D eigenvalue weighted by Crippen LogP contribution is 2.30. The van der Waals surface area contributed by atoms with Crippen molar-refractivity contribution in [2.75, 3.05) is 25.0 Å². The average Bonchev–Trinajstić information content (AvgIpc) is 2.99. The first-order valence-electron chi connectivity index (χ1n) is 8.25. The molecule has 128 valence electrons. The van der Waals surface area contributed by atoms with Crippen LogP contribution in [0, 0.1) is 5.41 Å². The van der Waals surface area contributed by atoms with E-state index in [1.54, 1.807) is 10.9 Å². The predicted octanol–water partition coefficient (Wildman–Crippen LogP) is 2.40. The van der Waals surface area contributed by atoms with Gasteiger partial charge in [0.25, 0.3) is 5.91 Å². The second-order valence-corrected chi connectivity index (χ2v) is 6.91. The number of nitrogens with zero attached hydrogens (tertiary/aromatic N) is 3. The van der Waals surface area contributed by atoms with Crippen LogP contribution in [0.25, 0.3) is 0 Å². The number of aryl methyl sites for hydroxylation is 1. The molecular weight excluding hydrogens is 304 g/mol. The van der Waals surface area contributed by atoms with Gasteiger partial charge in [0.15, 0.2) is 0 Å². The highest BCUT2D eigenvalue weighted by molar-refractivity contribution is 5.95. The Labute approximate surface area is 142 Å². The monoisotopic (exact) mass is 328 g/mol. The summed E-state index contributed by atoms with van der Waals surface area (Å²) in [5.74, 6) is 0.0178. The molecule has 24 heavy (non-hydrogen) atoms. The minimum Gasteiger partial charge on any atom is -0.396 e. The summed E-state index contributed by atoms with van der Waals surface area (Å²) in [5, 5.41) is 17.0. The van der Waals surface area contributed by atoms with Gasteiger partial charge in [0.05, 0.1) is 18.5 Å². The molecule has 0 aliphatic carbocycles. The molecule has 1 aromatic heterocycles. The number of rotatable bonds is 4. The van der Waals surface area contributed by atoms with Gasteiger partial charge in [-0.05, 0) is 31.0 Å². The lowest BCUT2D eigenvalue weighted by Crippen LogP contribution is -2.46. The molecule has 2 N–H and O–H groups in total. The predicted molar refractivity (Wildman–Crippen MR) is 93.3 cm³/mol. The Morgan fingerprint density at radius 3 is 2.96 bits per heavy atom. The smallest absolute Gasteiger partial charge is 0.253 e. The zero-order valence-electron chi connectivity index (χ0n) is 14.2. The number of aliphatic hydroxyl groups is 1. The average molecular weight is 328 g/mol. The third-order valence-electron chi connectivity index (χ3n) is 4.55. The van der Waals surface area contributed by atoms with E-state index in [0.29, 0.717) is 12.1 Å². The molecule has 6 nitrogen and oxygen atoms in total. The van der Waals surface area contributed by atoms with Gasteiger partial charge < -0.3 is 15.3 Å². The minimum atomic E-state index is -0.195. The van der Waals surface area contributed by atoms with E-state index < -0.39 is 0 Å². The molecule has 2 heterocycles. The maximum absolute atomic E-state index is 12.8. The van der Waals surface area contributed by atoms with Crippen LogP contribution in [0.5, 0.6) is 0 Å². The molecule has 6 heteroatoms. The topological polar surface area (TPSA) is 70.4 Å². The molecular formula is C18H24N4O2. The van der Waals surface area contributed by atoms with Gasteiger partial charge in [0, 0.05) is 43.0 Å². The summed E-state index contributed by atoms with van der Waals surface area (Å²) >= 11 is 0. The standard InChI is InChI=1S/C18H24N4O2/c1-18(13-23)7-4-8-22(12-18)17(24)14-5-3-6-15(9-14)20-16-10-19-21(2)11-16/h3,5-6,9-11,20,23H,4,7-8,12-13H2,1-2H3. The number of aromatic nitrogens is 2. The third kappa shape index (κ3) is 3.59. The Hall–Kier alpha value is -2.34. The van der Waals surface area contributed by atoms with Gasteiger partial charge in [-0.3, -0.25) is 9.48 Å². The number of piperidine rings is 1. The second-order valence-electron chi connectivity index (χ2n) is 6.91. The summed E-state index contributed by atoms with van der Waals surface area (Å²) in [5.41, 5.74) is 2.20. The Balaban J connectivity index is 1.74. The van der Waals surface area contributed by atoms with Gasteiger partial charge in [-0.25, -0.2) is 0 Å². The van der Waals surface area contributed by atoms with E-state index in [1.807, 2.05) is 49.3 Å². The van der Waals surface area contributed by atoms with Gasteiger partial charge in [-0.1, -0.05) is 13.0 Å². The molecule has 1 fully saturated rings. The van der Waals surface area contributed by atoms with Crippen LogP contribution in [0.15, 0.2) is 36.7 Å². The largest absolute Gasteiger partial charge is 0.396 e. The lowest BCUT2D eigenvalue weighted by atomic mass is 9.82. The number of hydrogen-bond donors (Lipinski definition) is 2. The van der Waals surface area contributed by atoms with E-state index in [4.69, 9.17) is 0 Å². The van der Waals surface area contributed by atoms with Crippen LogP contribution in [0.1, 0.15) is 30.1 Å². The van der Waals surface area contributed by atoms with Gasteiger partial charge in [0.2, 0.25) is 0 Å². The molecule has 1 saturated heterocycles. The molecule has 0 bridgehead atoms. The van der Waals surface area contributed by atoms with Crippen LogP contribution in [0.2, 0.25) is 0 Å². The van der Waals surface area contributed by atoms with Crippen LogP contribution >= 0.6 is 0 Å². The maximum atomic E-state index is 12.8.